The van der Waals surface area contributed by atoms with Gasteiger partial charge in [-0.1, -0.05) is 0 Å². The van der Waals surface area contributed by atoms with Crippen LogP contribution in [-0.2, 0) is 0 Å². The van der Waals surface area contributed by atoms with E-state index in [1.54, 1.807) is 4.90 Å². The van der Waals surface area contributed by atoms with Crippen LogP contribution in [0.25, 0.3) is 0 Å². The van der Waals surface area contributed by atoms with E-state index >= 15 is 0 Å². The van der Waals surface area contributed by atoms with Crippen LogP contribution < -0.4 is 10.9 Å². The number of carbonyl (C=O) groups is 1. The molecule has 0 aromatic carbocycles. The van der Waals surface area contributed by atoms with Crippen LogP contribution in [0.2, 0.25) is 0 Å². The minimum absolute atomic E-state index is 0.0676. The number of aliphatic hydroxyl groups is 1. The Morgan fingerprint density at radius 3 is 2.89 bits per heavy atom. The zero-order valence-electron chi connectivity index (χ0n) is 10.8. The fraction of sp³-hybridized carbons (Fsp3) is 0.538. The van der Waals surface area contributed by atoms with E-state index in [1.165, 1.54) is 18.3 Å². The van der Waals surface area contributed by atoms with Crippen molar-refractivity contribution in [2.24, 2.45) is 0 Å². The molecule has 0 aliphatic carbocycles. The van der Waals surface area contributed by atoms with Crippen molar-refractivity contribution >= 4 is 5.91 Å². The molecule has 1 saturated heterocycles. The van der Waals surface area contributed by atoms with Gasteiger partial charge in [-0.2, -0.15) is 0 Å². The maximum absolute atomic E-state index is 12.3. The number of pyridine rings is 1. The zero-order valence-corrected chi connectivity index (χ0v) is 10.8. The molecule has 1 aromatic rings. The van der Waals surface area contributed by atoms with Gasteiger partial charge in [0.1, 0.15) is 0 Å². The monoisotopic (exact) mass is 265 g/mol. The summed E-state index contributed by atoms with van der Waals surface area (Å²) in [5, 5.41) is 12.4. The van der Waals surface area contributed by atoms with Crippen molar-refractivity contribution in [1.82, 2.24) is 15.2 Å². The van der Waals surface area contributed by atoms with Crippen molar-refractivity contribution in [2.75, 3.05) is 26.2 Å². The van der Waals surface area contributed by atoms with E-state index in [9.17, 15) is 9.59 Å². The third-order valence-electron chi connectivity index (χ3n) is 3.29. The third kappa shape index (κ3) is 3.65. The lowest BCUT2D eigenvalue weighted by atomic mass is 10.2. The van der Waals surface area contributed by atoms with Crippen LogP contribution in [0.1, 0.15) is 23.2 Å². The van der Waals surface area contributed by atoms with E-state index in [1.807, 2.05) is 0 Å². The molecule has 0 bridgehead atoms. The lowest BCUT2D eigenvalue weighted by Crippen LogP contribution is -2.42. The summed E-state index contributed by atoms with van der Waals surface area (Å²) in [7, 11) is 0. The first-order valence-electron chi connectivity index (χ1n) is 6.53. The van der Waals surface area contributed by atoms with Gasteiger partial charge < -0.3 is 20.3 Å². The first kappa shape index (κ1) is 13.8. The van der Waals surface area contributed by atoms with Crippen molar-refractivity contribution in [3.8, 4) is 0 Å². The summed E-state index contributed by atoms with van der Waals surface area (Å²) in [6, 6.07) is 3.13. The summed E-state index contributed by atoms with van der Waals surface area (Å²) < 4.78 is 0. The predicted octanol–water partition coefficient (Wildman–Crippen LogP) is -0.439. The fourth-order valence-corrected chi connectivity index (χ4v) is 2.30. The molecule has 2 heterocycles. The molecule has 1 unspecified atom stereocenters. The Morgan fingerprint density at radius 1 is 1.47 bits per heavy atom. The number of rotatable bonds is 5. The highest BCUT2D eigenvalue weighted by Crippen LogP contribution is 2.09. The summed E-state index contributed by atoms with van der Waals surface area (Å²) in [4.78, 5) is 27.4. The number of H-pyrrole nitrogens is 1. The molecule has 6 heteroatoms. The molecule has 6 nitrogen and oxygen atoms in total. The maximum atomic E-state index is 12.3. The van der Waals surface area contributed by atoms with Crippen molar-refractivity contribution < 1.29 is 9.90 Å². The number of nitrogens with one attached hydrogen (secondary N) is 2. The van der Waals surface area contributed by atoms with Gasteiger partial charge in [-0.05, 0) is 25.5 Å². The highest BCUT2D eigenvalue weighted by Gasteiger charge is 2.22. The van der Waals surface area contributed by atoms with Gasteiger partial charge in [0.05, 0.1) is 12.2 Å². The van der Waals surface area contributed by atoms with E-state index in [2.05, 4.69) is 10.3 Å². The van der Waals surface area contributed by atoms with Crippen molar-refractivity contribution in [3.63, 3.8) is 0 Å². The summed E-state index contributed by atoms with van der Waals surface area (Å²) in [6.07, 6.45) is 3.57. The van der Waals surface area contributed by atoms with Gasteiger partial charge in [0, 0.05) is 31.4 Å². The lowest BCUT2D eigenvalue weighted by molar-refractivity contribution is 0.0706. The normalized spacial score (nSPS) is 18.5. The molecule has 1 atom stereocenters. The first-order chi connectivity index (χ1) is 9.20. The molecular formula is C13H19N3O3. The second-order valence-corrected chi connectivity index (χ2v) is 4.71. The number of hydrogen-bond acceptors (Lipinski definition) is 4. The molecule has 0 radical (unpaired) electrons. The van der Waals surface area contributed by atoms with Crippen LogP contribution >= 0.6 is 0 Å². The standard InChI is InChI=1S/C13H19N3O3/c17-7-6-16(9-11-2-1-5-14-11)13(19)10-3-4-12(18)15-8-10/h3-4,8,11,14,17H,1-2,5-7,9H2,(H,15,18). The van der Waals surface area contributed by atoms with Crippen LogP contribution in [0.5, 0.6) is 0 Å². The Bertz CT molecular complexity index is 460. The van der Waals surface area contributed by atoms with Crippen LogP contribution in [0, 0.1) is 0 Å². The number of aliphatic hydroxyl groups excluding tert-OH is 1. The van der Waals surface area contributed by atoms with E-state index in [4.69, 9.17) is 5.11 Å². The molecule has 2 rings (SSSR count). The van der Waals surface area contributed by atoms with Gasteiger partial charge >= 0.3 is 0 Å². The Morgan fingerprint density at radius 2 is 2.32 bits per heavy atom. The average Bonchev–Trinajstić information content (AvgIpc) is 2.91. The van der Waals surface area contributed by atoms with Gasteiger partial charge in [-0.3, -0.25) is 9.59 Å². The highest BCUT2D eigenvalue weighted by atomic mass is 16.3. The maximum Gasteiger partial charge on any atom is 0.255 e. The molecule has 104 valence electrons. The Hall–Kier alpha value is -1.66. The second kappa shape index (κ2) is 6.49. The molecule has 1 aliphatic heterocycles. The van der Waals surface area contributed by atoms with Crippen molar-refractivity contribution in [3.05, 3.63) is 34.2 Å². The van der Waals surface area contributed by atoms with Gasteiger partial charge in [-0.25, -0.2) is 0 Å². The minimum atomic E-state index is -0.234. The summed E-state index contributed by atoms with van der Waals surface area (Å²) >= 11 is 0. The number of hydrogen-bond donors (Lipinski definition) is 3. The first-order valence-corrected chi connectivity index (χ1v) is 6.53. The second-order valence-electron chi connectivity index (χ2n) is 4.71. The number of aromatic nitrogens is 1. The van der Waals surface area contributed by atoms with Crippen LogP contribution in [-0.4, -0.2) is 53.2 Å². The highest BCUT2D eigenvalue weighted by molar-refractivity contribution is 5.93. The smallest absolute Gasteiger partial charge is 0.255 e. The number of nitrogens with zero attached hydrogens (tertiary/aromatic N) is 1. The molecule has 19 heavy (non-hydrogen) atoms. The van der Waals surface area contributed by atoms with Crippen molar-refractivity contribution in [1.29, 1.82) is 0 Å². The molecule has 1 aliphatic rings. The van der Waals surface area contributed by atoms with Crippen molar-refractivity contribution in [2.45, 2.75) is 18.9 Å². The average molecular weight is 265 g/mol. The summed E-state index contributed by atoms with van der Waals surface area (Å²) in [5.41, 5.74) is 0.203. The predicted molar refractivity (Wildman–Crippen MR) is 71.1 cm³/mol. The summed E-state index contributed by atoms with van der Waals surface area (Å²) in [6.45, 7) is 1.79. The van der Waals surface area contributed by atoms with Gasteiger partial charge in [0.2, 0.25) is 5.56 Å². The topological polar surface area (TPSA) is 85.4 Å². The minimum Gasteiger partial charge on any atom is -0.395 e. The van der Waals surface area contributed by atoms with Gasteiger partial charge in [0.25, 0.3) is 5.91 Å². The third-order valence-corrected chi connectivity index (χ3v) is 3.29. The quantitative estimate of drug-likeness (QED) is 0.674. The molecular weight excluding hydrogens is 246 g/mol. The lowest BCUT2D eigenvalue weighted by Gasteiger charge is -2.25. The molecule has 1 amide bonds. The molecule has 0 spiro atoms. The molecule has 1 aromatic heterocycles. The molecule has 1 fully saturated rings. The van der Waals surface area contributed by atoms with Gasteiger partial charge in [-0.15, -0.1) is 0 Å². The Balaban J connectivity index is 2.06. The molecule has 3 N–H and O–H groups in total. The fourth-order valence-electron chi connectivity index (χ4n) is 2.30. The van der Waals surface area contributed by atoms with E-state index in [0.29, 0.717) is 24.7 Å². The van der Waals surface area contributed by atoms with Crippen LogP contribution in [0.4, 0.5) is 0 Å². The van der Waals surface area contributed by atoms with Crippen LogP contribution in [0.3, 0.4) is 0 Å². The SMILES string of the molecule is O=C(c1ccc(=O)[nH]c1)N(CCO)CC1CCCN1. The zero-order chi connectivity index (χ0) is 13.7. The number of aromatic amines is 1. The van der Waals surface area contributed by atoms with Crippen LogP contribution in [0.15, 0.2) is 23.1 Å². The number of carbonyl (C=O) groups excluding carboxylic acids is 1. The van der Waals surface area contributed by atoms with Gasteiger partial charge in [0.15, 0.2) is 0 Å². The van der Waals surface area contributed by atoms with E-state index in [0.717, 1.165) is 19.4 Å². The Kier molecular flexibility index (Phi) is 4.70. The summed E-state index contributed by atoms with van der Waals surface area (Å²) in [5.74, 6) is -0.168. The van der Waals surface area contributed by atoms with E-state index < -0.39 is 0 Å². The largest absolute Gasteiger partial charge is 0.395 e. The van der Waals surface area contributed by atoms with E-state index in [-0.39, 0.29) is 18.1 Å². The number of amides is 1. The molecule has 0 saturated carbocycles. The Labute approximate surface area is 111 Å².